The molecular weight excluding hydrogens is 701 g/mol. The van der Waals surface area contributed by atoms with Gasteiger partial charge in [-0.1, -0.05) is 145 Å². The fraction of sp³-hybridized carbons (Fsp3) is 0.727. The van der Waals surface area contributed by atoms with Crippen LogP contribution in [0.2, 0.25) is 0 Å². The molecule has 0 fully saturated rings. The largest absolute Gasteiger partial charge is 0.756 e. The topological polar surface area (TPSA) is 111 Å². The summed E-state index contributed by atoms with van der Waals surface area (Å²) in [6.45, 7) is 4.02. The lowest BCUT2D eigenvalue weighted by Gasteiger charge is -2.28. The molecule has 0 radical (unpaired) electrons. The molecule has 1 unspecified atom stereocenters. The molecular formula is C44H78NO8P. The number of unbranched alkanes of at least 4 members (excludes halogenated alkanes) is 16. The molecule has 54 heavy (non-hydrogen) atoms. The van der Waals surface area contributed by atoms with Crippen LogP contribution in [-0.2, 0) is 32.7 Å². The monoisotopic (exact) mass is 780 g/mol. The Morgan fingerprint density at radius 3 is 1.65 bits per heavy atom. The predicted octanol–water partition coefficient (Wildman–Crippen LogP) is 11.1. The minimum absolute atomic E-state index is 0.0403. The summed E-state index contributed by atoms with van der Waals surface area (Å²) in [4.78, 5) is 37.5. The predicted molar refractivity (Wildman–Crippen MR) is 222 cm³/mol. The van der Waals surface area contributed by atoms with E-state index in [2.05, 4.69) is 44.2 Å². The van der Waals surface area contributed by atoms with Gasteiger partial charge in [0.15, 0.2) is 6.10 Å². The Labute approximate surface area is 330 Å². The highest BCUT2D eigenvalue weighted by Gasteiger charge is 2.21. The van der Waals surface area contributed by atoms with Gasteiger partial charge in [0, 0.05) is 12.8 Å². The number of carbonyl (C=O) groups excluding carboxylic acids is 2. The first-order valence-electron chi connectivity index (χ1n) is 21.0. The Hall–Kier alpha value is -2.29. The number of hydrogen-bond acceptors (Lipinski definition) is 8. The average Bonchev–Trinajstić information content (AvgIpc) is 3.12. The lowest BCUT2D eigenvalue weighted by atomic mass is 10.1. The Morgan fingerprint density at radius 1 is 0.593 bits per heavy atom. The number of phosphoric acid groups is 1. The van der Waals surface area contributed by atoms with Crippen LogP contribution in [0.4, 0.5) is 0 Å². The molecule has 0 rings (SSSR count). The van der Waals surface area contributed by atoms with Gasteiger partial charge in [0.1, 0.15) is 19.8 Å². The highest BCUT2D eigenvalue weighted by atomic mass is 31.2. The number of likely N-dealkylation sites (N-methyl/N-ethyl adjacent to an activating group) is 1. The van der Waals surface area contributed by atoms with E-state index in [0.717, 1.165) is 64.2 Å². The molecule has 0 aromatic heterocycles. The molecule has 0 aromatic carbocycles. The molecule has 10 heteroatoms. The molecule has 0 aliphatic carbocycles. The van der Waals surface area contributed by atoms with E-state index in [9.17, 15) is 19.0 Å². The van der Waals surface area contributed by atoms with Crippen molar-refractivity contribution >= 4 is 19.8 Å². The van der Waals surface area contributed by atoms with E-state index in [1.807, 2.05) is 51.5 Å². The van der Waals surface area contributed by atoms with Crippen LogP contribution in [0.1, 0.15) is 155 Å². The van der Waals surface area contributed by atoms with E-state index < -0.39 is 32.5 Å². The average molecular weight is 780 g/mol. The molecule has 2 atom stereocenters. The third kappa shape index (κ3) is 39.4. The van der Waals surface area contributed by atoms with Gasteiger partial charge in [-0.05, 0) is 57.8 Å². The Kier molecular flexibility index (Phi) is 34.8. The molecule has 0 aromatic rings. The van der Waals surface area contributed by atoms with E-state index in [-0.39, 0.29) is 26.1 Å². The van der Waals surface area contributed by atoms with Crippen molar-refractivity contribution in [3.63, 3.8) is 0 Å². The summed E-state index contributed by atoms with van der Waals surface area (Å²) < 4.78 is 33.8. The maximum absolute atomic E-state index is 12.6. The minimum Gasteiger partial charge on any atom is -0.756 e. The molecule has 0 amide bonds. The van der Waals surface area contributed by atoms with E-state index in [1.165, 1.54) is 51.4 Å². The van der Waals surface area contributed by atoms with Crippen LogP contribution in [-0.4, -0.2) is 70.0 Å². The fourth-order valence-electron chi connectivity index (χ4n) is 5.31. The molecule has 0 saturated carbocycles. The van der Waals surface area contributed by atoms with Crippen molar-refractivity contribution in [2.24, 2.45) is 0 Å². The maximum atomic E-state index is 12.6. The third-order valence-corrected chi connectivity index (χ3v) is 9.58. The fourth-order valence-corrected chi connectivity index (χ4v) is 6.03. The first-order chi connectivity index (χ1) is 26.0. The number of rotatable bonds is 37. The van der Waals surface area contributed by atoms with E-state index >= 15 is 0 Å². The molecule has 0 aliphatic heterocycles. The molecule has 0 bridgehead atoms. The van der Waals surface area contributed by atoms with Gasteiger partial charge in [0.05, 0.1) is 27.7 Å². The maximum Gasteiger partial charge on any atom is 0.306 e. The second kappa shape index (κ2) is 36.4. The summed E-state index contributed by atoms with van der Waals surface area (Å²) in [6.07, 6.45) is 42.5. The smallest absolute Gasteiger partial charge is 0.306 e. The molecule has 312 valence electrons. The first kappa shape index (κ1) is 51.7. The number of quaternary nitrogens is 1. The normalized spacial score (nSPS) is 14.3. The van der Waals surface area contributed by atoms with E-state index in [0.29, 0.717) is 23.9 Å². The van der Waals surface area contributed by atoms with Crippen LogP contribution in [0.3, 0.4) is 0 Å². The minimum atomic E-state index is -4.63. The van der Waals surface area contributed by atoms with Gasteiger partial charge in [0.25, 0.3) is 7.82 Å². The number of ether oxygens (including phenoxy) is 2. The van der Waals surface area contributed by atoms with Gasteiger partial charge < -0.3 is 27.9 Å². The lowest BCUT2D eigenvalue weighted by molar-refractivity contribution is -0.870. The lowest BCUT2D eigenvalue weighted by Crippen LogP contribution is -2.37. The zero-order chi connectivity index (χ0) is 40.0. The van der Waals surface area contributed by atoms with Crippen LogP contribution in [0, 0.1) is 0 Å². The van der Waals surface area contributed by atoms with E-state index in [1.54, 1.807) is 0 Å². The summed E-state index contributed by atoms with van der Waals surface area (Å²) in [5, 5.41) is 0. The summed E-state index contributed by atoms with van der Waals surface area (Å²) in [5.74, 6) is -0.885. The van der Waals surface area contributed by atoms with Crippen molar-refractivity contribution < 1.29 is 42.1 Å². The molecule has 0 saturated heterocycles. The summed E-state index contributed by atoms with van der Waals surface area (Å²) in [6, 6.07) is 0. The van der Waals surface area contributed by atoms with E-state index in [4.69, 9.17) is 18.5 Å². The van der Waals surface area contributed by atoms with Crippen molar-refractivity contribution in [3.05, 3.63) is 60.8 Å². The second-order valence-electron chi connectivity index (χ2n) is 15.1. The van der Waals surface area contributed by atoms with Gasteiger partial charge in [-0.2, -0.15) is 0 Å². The Morgan fingerprint density at radius 2 is 1.07 bits per heavy atom. The number of phosphoric ester groups is 1. The van der Waals surface area contributed by atoms with Gasteiger partial charge in [0.2, 0.25) is 0 Å². The standard InChI is InChI=1S/C44H78NO8P/c1-6-8-10-12-14-16-18-20-22-24-26-28-30-32-34-36-43(46)50-40-42(41-52-54(48,49)51-39-38-45(3,4)5)53-44(47)37-35-33-31-29-27-25-23-21-19-17-15-13-11-9-7-2/h8,10,12,14,16,18,20,22,25,27,42H,6-7,9,11,13,15,17,19,21,23-24,26,28-41H2,1-5H3/b10-8+,14-12+,18-16+,22-20+,27-25+/t42-/m1/s1. The number of carbonyl (C=O) groups is 2. The zero-order valence-electron chi connectivity index (χ0n) is 34.9. The quantitative estimate of drug-likeness (QED) is 0.0153. The number of hydrogen-bond donors (Lipinski definition) is 0. The highest BCUT2D eigenvalue weighted by Crippen LogP contribution is 2.38. The molecule has 9 nitrogen and oxygen atoms in total. The Balaban J connectivity index is 4.46. The van der Waals surface area contributed by atoms with Gasteiger partial charge in [-0.3, -0.25) is 14.2 Å². The molecule has 0 aliphatic rings. The molecule has 0 N–H and O–H groups in total. The van der Waals surface area contributed by atoms with Gasteiger partial charge >= 0.3 is 11.9 Å². The SMILES string of the molecule is CC/C=C/C=C/C=C/C=C/CCCCCCCC(=O)OC[C@H](COP(=O)([O-])OCC[N+](C)(C)C)OC(=O)CCCCC/C=C/CCCCCCCCCC. The first-order valence-corrected chi connectivity index (χ1v) is 22.5. The molecule has 0 heterocycles. The van der Waals surface area contributed by atoms with Crippen LogP contribution in [0.5, 0.6) is 0 Å². The van der Waals surface area contributed by atoms with Crippen LogP contribution in [0.15, 0.2) is 60.8 Å². The van der Waals surface area contributed by atoms with Crippen LogP contribution in [0.25, 0.3) is 0 Å². The highest BCUT2D eigenvalue weighted by molar-refractivity contribution is 7.45. The summed E-state index contributed by atoms with van der Waals surface area (Å²) >= 11 is 0. The summed E-state index contributed by atoms with van der Waals surface area (Å²) in [5.41, 5.74) is 0. The van der Waals surface area contributed by atoms with Crippen molar-refractivity contribution in [1.82, 2.24) is 0 Å². The Bertz CT molecular complexity index is 1110. The van der Waals surface area contributed by atoms with Crippen molar-refractivity contribution in [2.45, 2.75) is 161 Å². The van der Waals surface area contributed by atoms with Crippen LogP contribution >= 0.6 is 7.82 Å². The van der Waals surface area contributed by atoms with Gasteiger partial charge in [-0.15, -0.1) is 0 Å². The second-order valence-corrected chi connectivity index (χ2v) is 16.5. The summed E-state index contributed by atoms with van der Waals surface area (Å²) in [7, 11) is 1.13. The van der Waals surface area contributed by atoms with Crippen LogP contribution < -0.4 is 4.89 Å². The number of esters is 2. The van der Waals surface area contributed by atoms with Crippen molar-refractivity contribution in [2.75, 3.05) is 47.5 Å². The third-order valence-electron chi connectivity index (χ3n) is 8.62. The zero-order valence-corrected chi connectivity index (χ0v) is 35.8. The molecule has 0 spiro atoms. The van der Waals surface area contributed by atoms with Crippen molar-refractivity contribution in [1.29, 1.82) is 0 Å². The van der Waals surface area contributed by atoms with Gasteiger partial charge in [-0.25, -0.2) is 0 Å². The number of allylic oxidation sites excluding steroid dienone is 10. The number of nitrogens with zero attached hydrogens (tertiary/aromatic N) is 1. The van der Waals surface area contributed by atoms with Crippen molar-refractivity contribution in [3.8, 4) is 0 Å².